The number of hydrogen-bond donors (Lipinski definition) is 0. The van der Waals surface area contributed by atoms with Crippen LogP contribution >= 0.6 is 0 Å². The Morgan fingerprint density at radius 2 is 1.65 bits per heavy atom. The van der Waals surface area contributed by atoms with Crippen LogP contribution in [0.25, 0.3) is 0 Å². The Kier molecular flexibility index (Phi) is 9.19. The molecular formula is C20H39NO2. The molecule has 0 amide bonds. The topological polar surface area (TPSA) is 29.5 Å². The number of esters is 1. The lowest BCUT2D eigenvalue weighted by atomic mass is 9.79. The van der Waals surface area contributed by atoms with Gasteiger partial charge in [-0.1, -0.05) is 58.8 Å². The summed E-state index contributed by atoms with van der Waals surface area (Å²) in [5, 5.41) is 0. The Bertz CT molecular complexity index is 341. The number of piperidine rings is 1. The van der Waals surface area contributed by atoms with Gasteiger partial charge in [-0.3, -0.25) is 4.79 Å². The largest absolute Gasteiger partial charge is 0.462 e. The Morgan fingerprint density at radius 1 is 1.09 bits per heavy atom. The minimum absolute atomic E-state index is 0.00758. The Morgan fingerprint density at radius 3 is 2.26 bits per heavy atom. The number of likely N-dealkylation sites (tertiary alicyclic amines) is 1. The van der Waals surface area contributed by atoms with Gasteiger partial charge in [-0.25, -0.2) is 0 Å². The molecule has 1 fully saturated rings. The van der Waals surface area contributed by atoms with E-state index in [2.05, 4.69) is 39.6 Å². The second-order valence-corrected chi connectivity index (χ2v) is 7.91. The fourth-order valence-electron chi connectivity index (χ4n) is 3.45. The van der Waals surface area contributed by atoms with Crippen LogP contribution in [0.4, 0.5) is 0 Å². The lowest BCUT2D eigenvalue weighted by molar-refractivity contribution is -0.159. The monoisotopic (exact) mass is 325 g/mol. The molecule has 0 saturated carbocycles. The molecule has 0 radical (unpaired) electrons. The molecule has 23 heavy (non-hydrogen) atoms. The quantitative estimate of drug-likeness (QED) is 0.409. The lowest BCUT2D eigenvalue weighted by Crippen LogP contribution is -2.56. The molecule has 0 bridgehead atoms. The molecule has 0 N–H and O–H groups in total. The highest BCUT2D eigenvalue weighted by molar-refractivity contribution is 5.69. The standard InChI is InChI=1S/C20H39NO2/c1-6-7-8-9-10-11-12-13-14-19(22)23-18-15-16-21(5)20(3,4)17(18)2/h17-18H,6-16H2,1-5H3. The average Bonchev–Trinajstić information content (AvgIpc) is 2.51. The van der Waals surface area contributed by atoms with Crippen molar-refractivity contribution in [3.05, 3.63) is 0 Å². The van der Waals surface area contributed by atoms with E-state index in [0.29, 0.717) is 12.3 Å². The van der Waals surface area contributed by atoms with Gasteiger partial charge in [0, 0.05) is 24.4 Å². The summed E-state index contributed by atoms with van der Waals surface area (Å²) in [6, 6.07) is 0. The van der Waals surface area contributed by atoms with Gasteiger partial charge in [0.05, 0.1) is 0 Å². The first kappa shape index (κ1) is 20.5. The van der Waals surface area contributed by atoms with E-state index < -0.39 is 0 Å². The third-order valence-corrected chi connectivity index (χ3v) is 5.92. The SMILES string of the molecule is CCCCCCCCCCC(=O)OC1CCN(C)C(C)(C)C1C. The maximum absolute atomic E-state index is 12.1. The predicted octanol–water partition coefficient (Wildman–Crippen LogP) is 5.18. The van der Waals surface area contributed by atoms with Gasteiger partial charge in [-0.2, -0.15) is 0 Å². The molecular weight excluding hydrogens is 286 g/mol. The van der Waals surface area contributed by atoms with Crippen LogP contribution in [0.2, 0.25) is 0 Å². The second-order valence-electron chi connectivity index (χ2n) is 7.91. The van der Waals surface area contributed by atoms with Gasteiger partial charge >= 0.3 is 5.97 Å². The van der Waals surface area contributed by atoms with Crippen molar-refractivity contribution in [3.8, 4) is 0 Å². The van der Waals surface area contributed by atoms with Crippen molar-refractivity contribution in [1.82, 2.24) is 4.90 Å². The number of ether oxygens (including phenoxy) is 1. The van der Waals surface area contributed by atoms with Crippen molar-refractivity contribution >= 4 is 5.97 Å². The Hall–Kier alpha value is -0.570. The van der Waals surface area contributed by atoms with Crippen LogP contribution in [-0.4, -0.2) is 36.1 Å². The van der Waals surface area contributed by atoms with Gasteiger partial charge in [0.25, 0.3) is 0 Å². The number of rotatable bonds is 10. The molecule has 1 aliphatic rings. The van der Waals surface area contributed by atoms with E-state index in [-0.39, 0.29) is 17.6 Å². The van der Waals surface area contributed by atoms with E-state index in [1.807, 2.05) is 0 Å². The maximum atomic E-state index is 12.1. The number of unbranched alkanes of at least 4 members (excludes halogenated alkanes) is 7. The van der Waals surface area contributed by atoms with Crippen LogP contribution in [0, 0.1) is 5.92 Å². The molecule has 1 heterocycles. The summed E-state index contributed by atoms with van der Waals surface area (Å²) in [5.74, 6) is 0.386. The third-order valence-electron chi connectivity index (χ3n) is 5.92. The molecule has 136 valence electrons. The zero-order valence-corrected chi connectivity index (χ0v) is 16.2. The first-order valence-electron chi connectivity index (χ1n) is 9.80. The molecule has 0 aromatic heterocycles. The molecule has 1 saturated heterocycles. The van der Waals surface area contributed by atoms with E-state index in [0.717, 1.165) is 25.8 Å². The molecule has 0 aromatic rings. The first-order chi connectivity index (χ1) is 10.9. The van der Waals surface area contributed by atoms with Crippen LogP contribution in [0.3, 0.4) is 0 Å². The highest BCUT2D eigenvalue weighted by Crippen LogP contribution is 2.33. The number of nitrogens with zero attached hydrogens (tertiary/aromatic N) is 1. The summed E-state index contributed by atoms with van der Waals surface area (Å²) in [5.41, 5.74) is 0.0989. The number of carbonyl (C=O) groups is 1. The van der Waals surface area contributed by atoms with Crippen molar-refractivity contribution in [2.45, 2.75) is 104 Å². The van der Waals surface area contributed by atoms with Crippen molar-refractivity contribution in [1.29, 1.82) is 0 Å². The number of hydrogen-bond acceptors (Lipinski definition) is 3. The fourth-order valence-corrected chi connectivity index (χ4v) is 3.45. The number of carbonyl (C=O) groups excluding carboxylic acids is 1. The van der Waals surface area contributed by atoms with Crippen molar-refractivity contribution in [2.75, 3.05) is 13.6 Å². The van der Waals surface area contributed by atoms with E-state index in [9.17, 15) is 4.79 Å². The molecule has 2 atom stereocenters. The van der Waals surface area contributed by atoms with Crippen LogP contribution in [0.5, 0.6) is 0 Å². The summed E-state index contributed by atoms with van der Waals surface area (Å²) in [7, 11) is 2.16. The minimum Gasteiger partial charge on any atom is -0.462 e. The van der Waals surface area contributed by atoms with Gasteiger partial charge < -0.3 is 9.64 Å². The first-order valence-corrected chi connectivity index (χ1v) is 9.80. The molecule has 0 spiro atoms. The molecule has 1 rings (SSSR count). The van der Waals surface area contributed by atoms with Crippen molar-refractivity contribution in [2.24, 2.45) is 5.92 Å². The summed E-state index contributed by atoms with van der Waals surface area (Å²) in [6.45, 7) is 9.96. The minimum atomic E-state index is 0.00758. The highest BCUT2D eigenvalue weighted by Gasteiger charge is 2.41. The van der Waals surface area contributed by atoms with Gasteiger partial charge in [-0.05, 0) is 33.7 Å². The van der Waals surface area contributed by atoms with Gasteiger partial charge in [-0.15, -0.1) is 0 Å². The summed E-state index contributed by atoms with van der Waals surface area (Å²) in [6.07, 6.45) is 11.7. The molecule has 0 aliphatic carbocycles. The van der Waals surface area contributed by atoms with Crippen LogP contribution in [0.1, 0.15) is 91.9 Å². The van der Waals surface area contributed by atoms with E-state index in [1.54, 1.807) is 0 Å². The summed E-state index contributed by atoms with van der Waals surface area (Å²) in [4.78, 5) is 14.5. The predicted molar refractivity (Wildman–Crippen MR) is 97.6 cm³/mol. The maximum Gasteiger partial charge on any atom is 0.306 e. The molecule has 1 aliphatic heterocycles. The zero-order valence-electron chi connectivity index (χ0n) is 16.2. The summed E-state index contributed by atoms with van der Waals surface area (Å²) >= 11 is 0. The third kappa shape index (κ3) is 6.82. The Balaban J connectivity index is 2.14. The van der Waals surface area contributed by atoms with E-state index in [1.165, 1.54) is 38.5 Å². The molecule has 3 heteroatoms. The fraction of sp³-hybridized carbons (Fsp3) is 0.950. The van der Waals surface area contributed by atoms with Gasteiger partial charge in [0.15, 0.2) is 0 Å². The normalized spacial score (nSPS) is 24.6. The zero-order chi connectivity index (χ0) is 17.3. The van der Waals surface area contributed by atoms with Crippen LogP contribution in [-0.2, 0) is 9.53 Å². The van der Waals surface area contributed by atoms with Crippen LogP contribution < -0.4 is 0 Å². The molecule has 2 unspecified atom stereocenters. The highest BCUT2D eigenvalue weighted by atomic mass is 16.5. The summed E-state index contributed by atoms with van der Waals surface area (Å²) < 4.78 is 5.78. The van der Waals surface area contributed by atoms with Crippen molar-refractivity contribution < 1.29 is 9.53 Å². The lowest BCUT2D eigenvalue weighted by Gasteiger charge is -2.48. The molecule has 0 aromatic carbocycles. The van der Waals surface area contributed by atoms with Gasteiger partial charge in [0.1, 0.15) is 6.10 Å². The second kappa shape index (κ2) is 10.3. The van der Waals surface area contributed by atoms with Crippen LogP contribution in [0.15, 0.2) is 0 Å². The van der Waals surface area contributed by atoms with Gasteiger partial charge in [0.2, 0.25) is 0 Å². The van der Waals surface area contributed by atoms with E-state index >= 15 is 0 Å². The van der Waals surface area contributed by atoms with Crippen molar-refractivity contribution in [3.63, 3.8) is 0 Å². The Labute approximate surface area is 144 Å². The molecule has 3 nitrogen and oxygen atoms in total. The smallest absolute Gasteiger partial charge is 0.306 e. The average molecular weight is 326 g/mol. The van der Waals surface area contributed by atoms with E-state index in [4.69, 9.17) is 4.74 Å².